The van der Waals surface area contributed by atoms with Crippen LogP contribution in [0.5, 0.6) is 0 Å². The first-order valence-electron chi connectivity index (χ1n) is 6.52. The summed E-state index contributed by atoms with van der Waals surface area (Å²) in [6.45, 7) is 1.76. The Morgan fingerprint density at radius 1 is 1.00 bits per heavy atom. The van der Waals surface area contributed by atoms with E-state index in [0.29, 0.717) is 5.41 Å². The molecular weight excluding hydrogens is 186 g/mol. The summed E-state index contributed by atoms with van der Waals surface area (Å²) in [7, 11) is 0. The minimum atomic E-state index is 0.408. The summed E-state index contributed by atoms with van der Waals surface area (Å²) < 4.78 is 5.79. The van der Waals surface area contributed by atoms with Gasteiger partial charge in [0.05, 0.1) is 6.54 Å². The van der Waals surface area contributed by atoms with Crippen LogP contribution in [-0.4, -0.2) is 19.0 Å². The molecule has 4 fully saturated rings. The lowest BCUT2D eigenvalue weighted by Crippen LogP contribution is -2.50. The zero-order chi connectivity index (χ0) is 9.88. The molecule has 4 aliphatic carbocycles. The third-order valence-corrected chi connectivity index (χ3v) is 5.08. The fraction of sp³-hybridized carbons (Fsp3) is 0.923. The number of nitrogens with zero attached hydrogens (tertiary/aromatic N) is 1. The highest BCUT2D eigenvalue weighted by atomic mass is 16.5. The second-order valence-electron chi connectivity index (χ2n) is 6.23. The molecule has 0 amide bonds. The van der Waals surface area contributed by atoms with Crippen LogP contribution in [0.2, 0.25) is 0 Å². The predicted octanol–water partition coefficient (Wildman–Crippen LogP) is 2.63. The maximum atomic E-state index is 5.79. The first-order chi connectivity index (χ1) is 7.34. The SMILES string of the molecule is C1COC(C23CC4CC(CC(C4)C2)C3)=N1. The monoisotopic (exact) mass is 205 g/mol. The number of aliphatic imine (C=N–C) groups is 1. The molecular formula is C13H19NO. The summed E-state index contributed by atoms with van der Waals surface area (Å²) in [6, 6.07) is 0. The lowest BCUT2D eigenvalue weighted by Gasteiger charge is -2.56. The average Bonchev–Trinajstić information content (AvgIpc) is 2.67. The molecule has 4 saturated carbocycles. The van der Waals surface area contributed by atoms with Crippen LogP contribution in [0, 0.1) is 23.2 Å². The highest BCUT2D eigenvalue weighted by molar-refractivity contribution is 5.84. The molecule has 5 rings (SSSR count). The van der Waals surface area contributed by atoms with E-state index in [1.807, 2.05) is 0 Å². The standard InChI is InChI=1S/C13H19NO/c1-2-15-12(14-1)13-6-9-3-10(7-13)5-11(4-9)8-13/h9-11H,1-8H2. The number of rotatable bonds is 1. The normalized spacial score (nSPS) is 51.7. The van der Waals surface area contributed by atoms with Crippen molar-refractivity contribution < 1.29 is 4.74 Å². The van der Waals surface area contributed by atoms with E-state index < -0.39 is 0 Å². The quantitative estimate of drug-likeness (QED) is 0.645. The maximum Gasteiger partial charge on any atom is 0.189 e. The molecule has 1 heterocycles. The van der Waals surface area contributed by atoms with E-state index in [-0.39, 0.29) is 0 Å². The highest BCUT2D eigenvalue weighted by Gasteiger charge is 2.54. The number of ether oxygens (including phenoxy) is 1. The van der Waals surface area contributed by atoms with Crippen molar-refractivity contribution in [1.82, 2.24) is 0 Å². The van der Waals surface area contributed by atoms with Gasteiger partial charge < -0.3 is 4.74 Å². The van der Waals surface area contributed by atoms with E-state index >= 15 is 0 Å². The first-order valence-corrected chi connectivity index (χ1v) is 6.52. The highest BCUT2D eigenvalue weighted by Crippen LogP contribution is 2.60. The van der Waals surface area contributed by atoms with Crippen molar-refractivity contribution >= 4 is 5.90 Å². The van der Waals surface area contributed by atoms with Crippen molar-refractivity contribution in [3.63, 3.8) is 0 Å². The van der Waals surface area contributed by atoms with Gasteiger partial charge in [0, 0.05) is 5.41 Å². The van der Waals surface area contributed by atoms with Gasteiger partial charge in [0.15, 0.2) is 5.90 Å². The molecule has 2 heteroatoms. The molecule has 0 unspecified atom stereocenters. The van der Waals surface area contributed by atoms with Crippen LogP contribution in [0.3, 0.4) is 0 Å². The van der Waals surface area contributed by atoms with Crippen molar-refractivity contribution in [1.29, 1.82) is 0 Å². The van der Waals surface area contributed by atoms with Crippen LogP contribution in [0.1, 0.15) is 38.5 Å². The summed E-state index contributed by atoms with van der Waals surface area (Å²) in [5.41, 5.74) is 0.408. The Balaban J connectivity index is 1.71. The zero-order valence-corrected chi connectivity index (χ0v) is 9.24. The largest absolute Gasteiger partial charge is 0.479 e. The second kappa shape index (κ2) is 2.78. The van der Waals surface area contributed by atoms with Gasteiger partial charge >= 0.3 is 0 Å². The molecule has 0 atom stereocenters. The Morgan fingerprint density at radius 3 is 2.07 bits per heavy atom. The molecule has 0 aromatic carbocycles. The topological polar surface area (TPSA) is 21.6 Å². The Labute approximate surface area is 91.1 Å². The second-order valence-corrected chi connectivity index (χ2v) is 6.23. The van der Waals surface area contributed by atoms with Crippen LogP contribution >= 0.6 is 0 Å². The minimum Gasteiger partial charge on any atom is -0.479 e. The summed E-state index contributed by atoms with van der Waals surface area (Å²) in [5, 5.41) is 0. The van der Waals surface area contributed by atoms with E-state index in [4.69, 9.17) is 4.74 Å². The smallest absolute Gasteiger partial charge is 0.189 e. The number of hydrogen-bond acceptors (Lipinski definition) is 2. The van der Waals surface area contributed by atoms with Gasteiger partial charge in [0.2, 0.25) is 0 Å². The summed E-state index contributed by atoms with van der Waals surface area (Å²) in [5.74, 6) is 4.16. The minimum absolute atomic E-state index is 0.408. The van der Waals surface area contributed by atoms with Gasteiger partial charge in [0.1, 0.15) is 6.61 Å². The van der Waals surface area contributed by atoms with Crippen molar-refractivity contribution in [3.8, 4) is 0 Å². The van der Waals surface area contributed by atoms with Gasteiger partial charge in [0.25, 0.3) is 0 Å². The molecule has 5 aliphatic rings. The van der Waals surface area contributed by atoms with Crippen LogP contribution in [0.4, 0.5) is 0 Å². The Morgan fingerprint density at radius 2 is 1.60 bits per heavy atom. The summed E-state index contributed by atoms with van der Waals surface area (Å²) in [4.78, 5) is 4.62. The van der Waals surface area contributed by atoms with Gasteiger partial charge in [-0.15, -0.1) is 0 Å². The molecule has 15 heavy (non-hydrogen) atoms. The zero-order valence-electron chi connectivity index (χ0n) is 9.24. The fourth-order valence-electron chi connectivity index (χ4n) is 5.03. The van der Waals surface area contributed by atoms with E-state index in [1.54, 1.807) is 0 Å². The molecule has 0 aromatic heterocycles. The van der Waals surface area contributed by atoms with E-state index in [9.17, 15) is 0 Å². The summed E-state index contributed by atoms with van der Waals surface area (Å²) >= 11 is 0. The van der Waals surface area contributed by atoms with Crippen molar-refractivity contribution in [3.05, 3.63) is 0 Å². The van der Waals surface area contributed by atoms with E-state index in [2.05, 4.69) is 4.99 Å². The molecule has 4 bridgehead atoms. The third-order valence-electron chi connectivity index (χ3n) is 5.08. The number of hydrogen-bond donors (Lipinski definition) is 0. The Bertz CT molecular complexity index is 285. The first kappa shape index (κ1) is 8.60. The lowest BCUT2D eigenvalue weighted by atomic mass is 9.49. The maximum absolute atomic E-state index is 5.79. The van der Waals surface area contributed by atoms with Crippen molar-refractivity contribution in [2.24, 2.45) is 28.2 Å². The molecule has 2 nitrogen and oxygen atoms in total. The Hall–Kier alpha value is -0.530. The van der Waals surface area contributed by atoms with Gasteiger partial charge in [-0.1, -0.05) is 0 Å². The van der Waals surface area contributed by atoms with E-state index in [1.165, 1.54) is 38.5 Å². The average molecular weight is 205 g/mol. The van der Waals surface area contributed by atoms with Gasteiger partial charge in [-0.05, 0) is 56.3 Å². The van der Waals surface area contributed by atoms with Crippen molar-refractivity contribution in [2.75, 3.05) is 13.2 Å². The molecule has 0 aromatic rings. The Kier molecular flexibility index (Phi) is 1.59. The summed E-state index contributed by atoms with van der Waals surface area (Å²) in [6.07, 6.45) is 8.68. The van der Waals surface area contributed by atoms with Gasteiger partial charge in [-0.25, -0.2) is 0 Å². The van der Waals surface area contributed by atoms with Crippen molar-refractivity contribution in [2.45, 2.75) is 38.5 Å². The van der Waals surface area contributed by atoms with Crippen LogP contribution in [0.15, 0.2) is 4.99 Å². The molecule has 82 valence electrons. The molecule has 0 saturated heterocycles. The predicted molar refractivity (Wildman–Crippen MR) is 58.9 cm³/mol. The van der Waals surface area contributed by atoms with Crippen LogP contribution in [-0.2, 0) is 4.74 Å². The van der Waals surface area contributed by atoms with Crippen LogP contribution in [0.25, 0.3) is 0 Å². The third kappa shape index (κ3) is 1.14. The van der Waals surface area contributed by atoms with Crippen LogP contribution < -0.4 is 0 Å². The molecule has 1 aliphatic heterocycles. The fourth-order valence-corrected chi connectivity index (χ4v) is 5.03. The lowest BCUT2D eigenvalue weighted by molar-refractivity contribution is -0.0225. The van der Waals surface area contributed by atoms with Gasteiger partial charge in [-0.2, -0.15) is 0 Å². The molecule has 0 spiro atoms. The molecule has 0 radical (unpaired) electrons. The molecule has 0 N–H and O–H groups in total. The van der Waals surface area contributed by atoms with E-state index in [0.717, 1.165) is 36.8 Å². The van der Waals surface area contributed by atoms with Gasteiger partial charge in [-0.3, -0.25) is 4.99 Å².